The van der Waals surface area contributed by atoms with E-state index in [-0.39, 0.29) is 23.5 Å². The fourth-order valence-electron chi connectivity index (χ4n) is 2.69. The molecule has 0 radical (unpaired) electrons. The molecule has 1 saturated heterocycles. The predicted octanol–water partition coefficient (Wildman–Crippen LogP) is 2.07. The summed E-state index contributed by atoms with van der Waals surface area (Å²) in [6.07, 6.45) is 4.17. The van der Waals surface area contributed by atoms with E-state index < -0.39 is 11.3 Å². The number of allylic oxidation sites excluding steroid dienone is 2. The van der Waals surface area contributed by atoms with Crippen LogP contribution in [0.3, 0.4) is 0 Å². The lowest BCUT2D eigenvalue weighted by Gasteiger charge is -2.20. The van der Waals surface area contributed by atoms with Crippen LogP contribution in [-0.4, -0.2) is 22.3 Å². The van der Waals surface area contributed by atoms with E-state index in [4.69, 9.17) is 11.6 Å². The summed E-state index contributed by atoms with van der Waals surface area (Å²) in [7, 11) is 0. The van der Waals surface area contributed by atoms with Crippen molar-refractivity contribution in [2.24, 2.45) is 11.8 Å². The Bertz CT molecular complexity index is 567. The van der Waals surface area contributed by atoms with Crippen molar-refractivity contribution >= 4 is 29.1 Å². The lowest BCUT2D eigenvalue weighted by atomic mass is 9.85. The minimum Gasteiger partial charge on any atom is -0.508 e. The number of carbonyl (C=O) groups excluding carboxylic acids is 2. The summed E-state index contributed by atoms with van der Waals surface area (Å²) < 4.78 is 0. The lowest BCUT2D eigenvalue weighted by molar-refractivity contribution is -0.122. The van der Waals surface area contributed by atoms with Crippen LogP contribution in [0, 0.1) is 11.8 Å². The summed E-state index contributed by atoms with van der Waals surface area (Å²) in [5, 5.41) is 8.83. The average molecular weight is 278 g/mol. The topological polar surface area (TPSA) is 57.6 Å². The number of fused-ring (bicyclic) bond motifs is 1. The Kier molecular flexibility index (Phi) is 2.82. The van der Waals surface area contributed by atoms with Gasteiger partial charge in [0.25, 0.3) is 0 Å². The van der Waals surface area contributed by atoms with Crippen molar-refractivity contribution < 1.29 is 14.7 Å². The first-order valence-corrected chi connectivity index (χ1v) is 6.51. The monoisotopic (exact) mass is 277 g/mol. The van der Waals surface area contributed by atoms with E-state index in [9.17, 15) is 14.7 Å². The number of amides is 2. The number of carbonyl (C=O) groups is 2. The second-order valence-corrected chi connectivity index (χ2v) is 5.27. The molecule has 0 unspecified atom stereocenters. The van der Waals surface area contributed by atoms with Gasteiger partial charge in [-0.1, -0.05) is 12.2 Å². The number of nitrogens with zero attached hydrogens (tertiary/aromatic N) is 1. The van der Waals surface area contributed by atoms with Crippen molar-refractivity contribution in [2.75, 3.05) is 4.90 Å². The maximum atomic E-state index is 12.4. The van der Waals surface area contributed by atoms with E-state index in [0.29, 0.717) is 12.1 Å². The first kappa shape index (κ1) is 12.2. The fourth-order valence-corrected chi connectivity index (χ4v) is 3.07. The normalized spacial score (nSPS) is 29.7. The summed E-state index contributed by atoms with van der Waals surface area (Å²) in [5.74, 6) is -1.22. The zero-order valence-corrected chi connectivity index (χ0v) is 10.7. The molecule has 1 fully saturated rings. The highest BCUT2D eigenvalue weighted by Gasteiger charge is 2.51. The Morgan fingerprint density at radius 3 is 2.47 bits per heavy atom. The molecule has 1 heterocycles. The molecule has 2 amide bonds. The standard InChI is InChI=1S/C14H12ClNO3/c15-11-3-1-2-10-12(11)14(19)16(13(10)18)8-4-6-9(17)7-5-8/h1,3-7,10-12,17H,2H2/t10-,11-,12-/m1/s1. The maximum absolute atomic E-state index is 12.4. The van der Waals surface area contributed by atoms with Crippen LogP contribution in [0.4, 0.5) is 5.69 Å². The molecule has 3 atom stereocenters. The van der Waals surface area contributed by atoms with Gasteiger partial charge in [-0.25, -0.2) is 4.90 Å². The highest BCUT2D eigenvalue weighted by Crippen LogP contribution is 2.39. The minimum absolute atomic E-state index is 0.0946. The minimum atomic E-state index is -0.479. The largest absolute Gasteiger partial charge is 0.508 e. The average Bonchev–Trinajstić information content (AvgIpc) is 2.65. The summed E-state index contributed by atoms with van der Waals surface area (Å²) in [6.45, 7) is 0. The highest BCUT2D eigenvalue weighted by atomic mass is 35.5. The molecule has 4 nitrogen and oxygen atoms in total. The second-order valence-electron chi connectivity index (χ2n) is 4.77. The van der Waals surface area contributed by atoms with Crippen molar-refractivity contribution in [1.82, 2.24) is 0 Å². The Morgan fingerprint density at radius 2 is 1.84 bits per heavy atom. The molecular weight excluding hydrogens is 266 g/mol. The molecule has 1 aromatic rings. The number of benzene rings is 1. The van der Waals surface area contributed by atoms with Crippen LogP contribution in [0.2, 0.25) is 0 Å². The molecule has 3 rings (SSSR count). The lowest BCUT2D eigenvalue weighted by Crippen LogP contribution is -2.32. The number of halogens is 1. The number of phenols is 1. The van der Waals surface area contributed by atoms with Gasteiger partial charge in [0.15, 0.2) is 0 Å². The molecule has 1 aliphatic heterocycles. The van der Waals surface area contributed by atoms with Gasteiger partial charge in [-0.3, -0.25) is 9.59 Å². The van der Waals surface area contributed by atoms with Crippen LogP contribution in [0.25, 0.3) is 0 Å². The van der Waals surface area contributed by atoms with Gasteiger partial charge < -0.3 is 5.11 Å². The summed E-state index contributed by atoms with van der Waals surface area (Å²) in [5.41, 5.74) is 0.478. The first-order valence-electron chi connectivity index (χ1n) is 6.07. The van der Waals surface area contributed by atoms with Crippen molar-refractivity contribution in [3.05, 3.63) is 36.4 Å². The van der Waals surface area contributed by atoms with Gasteiger partial charge in [-0.15, -0.1) is 11.6 Å². The smallest absolute Gasteiger partial charge is 0.239 e. The molecule has 0 spiro atoms. The number of alkyl halides is 1. The molecule has 5 heteroatoms. The van der Waals surface area contributed by atoms with Crippen molar-refractivity contribution in [3.63, 3.8) is 0 Å². The highest BCUT2D eigenvalue weighted by molar-refractivity contribution is 6.29. The predicted molar refractivity (Wildman–Crippen MR) is 71.0 cm³/mol. The molecule has 0 bridgehead atoms. The molecule has 1 aliphatic carbocycles. The molecule has 19 heavy (non-hydrogen) atoms. The van der Waals surface area contributed by atoms with E-state index in [1.807, 2.05) is 6.08 Å². The molecule has 0 aromatic heterocycles. The van der Waals surface area contributed by atoms with E-state index in [1.54, 1.807) is 18.2 Å². The van der Waals surface area contributed by atoms with Gasteiger partial charge in [-0.2, -0.15) is 0 Å². The summed E-state index contributed by atoms with van der Waals surface area (Å²) >= 11 is 6.13. The number of imide groups is 1. The number of aromatic hydroxyl groups is 1. The van der Waals surface area contributed by atoms with Crippen LogP contribution >= 0.6 is 11.6 Å². The zero-order chi connectivity index (χ0) is 13.6. The molecule has 0 saturated carbocycles. The van der Waals surface area contributed by atoms with Crippen LogP contribution < -0.4 is 4.90 Å². The Labute approximate surface area is 115 Å². The third-order valence-electron chi connectivity index (χ3n) is 3.64. The molecular formula is C14H12ClNO3. The zero-order valence-electron chi connectivity index (χ0n) is 9.99. The third kappa shape index (κ3) is 1.83. The van der Waals surface area contributed by atoms with E-state index in [0.717, 1.165) is 0 Å². The van der Waals surface area contributed by atoms with Crippen LogP contribution in [-0.2, 0) is 9.59 Å². The Hall–Kier alpha value is -1.81. The van der Waals surface area contributed by atoms with E-state index in [2.05, 4.69) is 0 Å². The van der Waals surface area contributed by atoms with Gasteiger partial charge in [-0.05, 0) is 30.7 Å². The second kappa shape index (κ2) is 4.38. The number of phenolic OH excluding ortho intramolecular Hbond substituents is 1. The number of anilines is 1. The molecule has 1 N–H and O–H groups in total. The summed E-state index contributed by atoms with van der Waals surface area (Å²) in [4.78, 5) is 25.9. The Balaban J connectivity index is 1.98. The van der Waals surface area contributed by atoms with Crippen LogP contribution in [0.5, 0.6) is 5.75 Å². The fraction of sp³-hybridized carbons (Fsp3) is 0.286. The van der Waals surface area contributed by atoms with Gasteiger partial charge >= 0.3 is 0 Å². The molecule has 1 aromatic carbocycles. The number of hydrogen-bond donors (Lipinski definition) is 1. The number of hydrogen-bond acceptors (Lipinski definition) is 3. The van der Waals surface area contributed by atoms with E-state index >= 15 is 0 Å². The first-order chi connectivity index (χ1) is 9.09. The molecule has 98 valence electrons. The quantitative estimate of drug-likeness (QED) is 0.486. The van der Waals surface area contributed by atoms with Crippen molar-refractivity contribution in [3.8, 4) is 5.75 Å². The van der Waals surface area contributed by atoms with Crippen molar-refractivity contribution in [2.45, 2.75) is 11.8 Å². The van der Waals surface area contributed by atoms with Crippen LogP contribution in [0.15, 0.2) is 36.4 Å². The van der Waals surface area contributed by atoms with Gasteiger partial charge in [0.2, 0.25) is 11.8 Å². The Morgan fingerprint density at radius 1 is 1.16 bits per heavy atom. The van der Waals surface area contributed by atoms with E-state index in [1.165, 1.54) is 17.0 Å². The van der Waals surface area contributed by atoms with Gasteiger partial charge in [0.1, 0.15) is 5.75 Å². The van der Waals surface area contributed by atoms with Crippen LogP contribution in [0.1, 0.15) is 6.42 Å². The molecule has 2 aliphatic rings. The van der Waals surface area contributed by atoms with Crippen molar-refractivity contribution in [1.29, 1.82) is 0 Å². The van der Waals surface area contributed by atoms with Gasteiger partial charge in [0, 0.05) is 0 Å². The number of rotatable bonds is 1. The third-order valence-corrected chi connectivity index (χ3v) is 4.05. The SMILES string of the molecule is O=C1[C@H]2[C@H](Cl)C=CC[C@H]2C(=O)N1c1ccc(O)cc1. The van der Waals surface area contributed by atoms with Gasteiger partial charge in [0.05, 0.1) is 22.9 Å². The summed E-state index contributed by atoms with van der Waals surface area (Å²) in [6, 6.07) is 6.01. The maximum Gasteiger partial charge on any atom is 0.239 e.